The van der Waals surface area contributed by atoms with E-state index in [0.717, 1.165) is 25.7 Å². The molecule has 1 atom stereocenters. The highest BCUT2D eigenvalue weighted by Gasteiger charge is 2.36. The average Bonchev–Trinajstić information content (AvgIpc) is 2.69. The largest absolute Gasteiger partial charge is 0.462 e. The molecule has 0 aromatic rings. The lowest BCUT2D eigenvalue weighted by Crippen LogP contribution is -2.36. The molecule has 1 fully saturated rings. The molecule has 0 aromatic heterocycles. The fourth-order valence-electron chi connectivity index (χ4n) is 2.31. The number of carbonyl (C=O) groups is 2. The van der Waals surface area contributed by atoms with Gasteiger partial charge in [-0.25, -0.2) is 0 Å². The van der Waals surface area contributed by atoms with E-state index in [1.54, 1.807) is 13.8 Å². The third-order valence-corrected chi connectivity index (χ3v) is 3.03. The van der Waals surface area contributed by atoms with Gasteiger partial charge in [0.2, 0.25) is 0 Å². The third kappa shape index (κ3) is 3.30. The van der Waals surface area contributed by atoms with E-state index in [9.17, 15) is 9.59 Å². The highest BCUT2D eigenvalue weighted by atomic mass is 16.5. The van der Waals surface area contributed by atoms with Crippen LogP contribution in [0, 0.1) is 11.8 Å². The topological polar surface area (TPSA) is 69.4 Å². The molecule has 1 rings (SSSR count). The van der Waals surface area contributed by atoms with Crippen LogP contribution in [0.5, 0.6) is 0 Å². The van der Waals surface area contributed by atoms with E-state index < -0.39 is 11.9 Å². The Kier molecular flexibility index (Phi) is 4.93. The van der Waals surface area contributed by atoms with Gasteiger partial charge in [-0.15, -0.1) is 0 Å². The molecule has 92 valence electrons. The molecule has 0 radical (unpaired) electrons. The minimum Gasteiger partial charge on any atom is -0.462 e. The molecule has 1 aliphatic carbocycles. The number of hydrogen-bond donors (Lipinski definition) is 1. The van der Waals surface area contributed by atoms with Crippen molar-refractivity contribution in [1.82, 2.24) is 0 Å². The zero-order valence-corrected chi connectivity index (χ0v) is 10.1. The van der Waals surface area contributed by atoms with Crippen LogP contribution in [0.1, 0.15) is 39.5 Å². The van der Waals surface area contributed by atoms with Crippen LogP contribution in [-0.4, -0.2) is 24.4 Å². The van der Waals surface area contributed by atoms with E-state index in [0.29, 0.717) is 0 Å². The van der Waals surface area contributed by atoms with Gasteiger partial charge in [-0.1, -0.05) is 12.8 Å². The Morgan fingerprint density at radius 2 is 1.88 bits per heavy atom. The van der Waals surface area contributed by atoms with Gasteiger partial charge in [-0.2, -0.15) is 0 Å². The van der Waals surface area contributed by atoms with Gasteiger partial charge in [0.1, 0.15) is 5.92 Å². The highest BCUT2D eigenvalue weighted by molar-refractivity contribution is 6.00. The number of Topliss-reactive ketones (excluding diaryl/α,β-unsaturated/α-hetero) is 1. The van der Waals surface area contributed by atoms with Gasteiger partial charge in [0.25, 0.3) is 0 Å². The lowest BCUT2D eigenvalue weighted by molar-refractivity contribution is -0.157. The van der Waals surface area contributed by atoms with Crippen molar-refractivity contribution in [2.45, 2.75) is 45.6 Å². The van der Waals surface area contributed by atoms with Crippen molar-refractivity contribution < 1.29 is 14.3 Å². The summed E-state index contributed by atoms with van der Waals surface area (Å²) < 4.78 is 5.13. The summed E-state index contributed by atoms with van der Waals surface area (Å²) in [5.74, 6) is -1.06. The predicted molar refractivity (Wildman–Crippen MR) is 60.7 cm³/mol. The van der Waals surface area contributed by atoms with Crippen LogP contribution in [0.25, 0.3) is 0 Å². The standard InChI is InChI=1S/C12H21NO3/c1-8(2)16-12(15)11(10(14)7-13)9-5-3-4-6-9/h8-9,11H,3-7,13H2,1-2H3. The Bertz CT molecular complexity index is 257. The Morgan fingerprint density at radius 1 is 1.31 bits per heavy atom. The summed E-state index contributed by atoms with van der Waals surface area (Å²) in [4.78, 5) is 23.5. The van der Waals surface area contributed by atoms with Crippen molar-refractivity contribution in [2.75, 3.05) is 6.54 Å². The van der Waals surface area contributed by atoms with Crippen LogP contribution in [0.4, 0.5) is 0 Å². The Morgan fingerprint density at radius 3 is 2.31 bits per heavy atom. The van der Waals surface area contributed by atoms with Crippen molar-refractivity contribution in [3.05, 3.63) is 0 Å². The second-order valence-electron chi connectivity index (χ2n) is 4.68. The lowest BCUT2D eigenvalue weighted by atomic mass is 9.87. The summed E-state index contributed by atoms with van der Waals surface area (Å²) in [5, 5.41) is 0. The molecular weight excluding hydrogens is 206 g/mol. The monoisotopic (exact) mass is 227 g/mol. The number of carbonyl (C=O) groups excluding carboxylic acids is 2. The first-order valence-electron chi connectivity index (χ1n) is 5.99. The summed E-state index contributed by atoms with van der Waals surface area (Å²) in [6.45, 7) is 3.50. The first-order valence-corrected chi connectivity index (χ1v) is 5.99. The summed E-state index contributed by atoms with van der Waals surface area (Å²) in [6, 6.07) is 0. The van der Waals surface area contributed by atoms with Gasteiger partial charge < -0.3 is 10.5 Å². The molecule has 0 heterocycles. The number of esters is 1. The van der Waals surface area contributed by atoms with E-state index >= 15 is 0 Å². The van der Waals surface area contributed by atoms with E-state index in [2.05, 4.69) is 0 Å². The second-order valence-corrected chi connectivity index (χ2v) is 4.68. The van der Waals surface area contributed by atoms with E-state index in [1.165, 1.54) is 0 Å². The molecule has 16 heavy (non-hydrogen) atoms. The first-order chi connectivity index (χ1) is 7.56. The van der Waals surface area contributed by atoms with E-state index in [4.69, 9.17) is 10.5 Å². The highest BCUT2D eigenvalue weighted by Crippen LogP contribution is 2.32. The maximum atomic E-state index is 11.8. The quantitative estimate of drug-likeness (QED) is 0.567. The molecule has 0 amide bonds. The molecule has 0 aromatic carbocycles. The van der Waals surface area contributed by atoms with E-state index in [-0.39, 0.29) is 24.3 Å². The first kappa shape index (κ1) is 13.2. The van der Waals surface area contributed by atoms with Crippen LogP contribution in [0.2, 0.25) is 0 Å². The summed E-state index contributed by atoms with van der Waals surface area (Å²) in [6.07, 6.45) is 3.87. The number of nitrogens with two attached hydrogens (primary N) is 1. The Hall–Kier alpha value is -0.900. The molecule has 4 nitrogen and oxygen atoms in total. The normalized spacial score (nSPS) is 18.8. The Balaban J connectivity index is 2.69. The van der Waals surface area contributed by atoms with Crippen LogP contribution in [0.3, 0.4) is 0 Å². The van der Waals surface area contributed by atoms with Crippen LogP contribution in [0.15, 0.2) is 0 Å². The molecule has 1 saturated carbocycles. The van der Waals surface area contributed by atoms with Crippen molar-refractivity contribution in [1.29, 1.82) is 0 Å². The van der Waals surface area contributed by atoms with Gasteiger partial charge in [-0.05, 0) is 32.6 Å². The summed E-state index contributed by atoms with van der Waals surface area (Å²) in [7, 11) is 0. The minimum absolute atomic E-state index is 0.0750. The Labute approximate surface area is 96.5 Å². The van der Waals surface area contributed by atoms with Crippen molar-refractivity contribution in [3.8, 4) is 0 Å². The molecular formula is C12H21NO3. The van der Waals surface area contributed by atoms with Gasteiger partial charge >= 0.3 is 5.97 Å². The van der Waals surface area contributed by atoms with Crippen molar-refractivity contribution in [2.24, 2.45) is 17.6 Å². The number of ether oxygens (including phenoxy) is 1. The fraction of sp³-hybridized carbons (Fsp3) is 0.833. The maximum Gasteiger partial charge on any atom is 0.317 e. The molecule has 0 spiro atoms. The van der Waals surface area contributed by atoms with Gasteiger partial charge in [0, 0.05) is 0 Å². The molecule has 1 unspecified atom stereocenters. The van der Waals surface area contributed by atoms with Crippen molar-refractivity contribution in [3.63, 3.8) is 0 Å². The van der Waals surface area contributed by atoms with Gasteiger partial charge in [0.15, 0.2) is 5.78 Å². The fourth-order valence-corrected chi connectivity index (χ4v) is 2.31. The number of hydrogen-bond acceptors (Lipinski definition) is 4. The van der Waals surface area contributed by atoms with Crippen LogP contribution in [-0.2, 0) is 14.3 Å². The molecule has 0 bridgehead atoms. The van der Waals surface area contributed by atoms with Gasteiger partial charge in [-0.3, -0.25) is 9.59 Å². The minimum atomic E-state index is -0.630. The molecule has 0 aliphatic heterocycles. The number of rotatable bonds is 5. The van der Waals surface area contributed by atoms with Crippen LogP contribution < -0.4 is 5.73 Å². The smallest absolute Gasteiger partial charge is 0.317 e. The molecule has 0 saturated heterocycles. The summed E-state index contributed by atoms with van der Waals surface area (Å²) in [5.41, 5.74) is 5.35. The average molecular weight is 227 g/mol. The second kappa shape index (κ2) is 5.99. The molecule has 1 aliphatic rings. The zero-order chi connectivity index (χ0) is 12.1. The molecule has 2 N–H and O–H groups in total. The summed E-state index contributed by atoms with van der Waals surface area (Å²) >= 11 is 0. The molecule has 4 heteroatoms. The van der Waals surface area contributed by atoms with Crippen molar-refractivity contribution >= 4 is 11.8 Å². The maximum absolute atomic E-state index is 11.8. The zero-order valence-electron chi connectivity index (χ0n) is 10.1. The SMILES string of the molecule is CC(C)OC(=O)C(C(=O)CN)C1CCCC1. The lowest BCUT2D eigenvalue weighted by Gasteiger charge is -2.21. The predicted octanol–water partition coefficient (Wildman–Crippen LogP) is 1.27. The van der Waals surface area contributed by atoms with Crippen LogP contribution >= 0.6 is 0 Å². The van der Waals surface area contributed by atoms with Gasteiger partial charge in [0.05, 0.1) is 12.6 Å². The van der Waals surface area contributed by atoms with E-state index in [1.807, 2.05) is 0 Å². The number of ketones is 1. The third-order valence-electron chi connectivity index (χ3n) is 3.03.